The summed E-state index contributed by atoms with van der Waals surface area (Å²) in [7, 11) is 1.57. The zero-order valence-corrected chi connectivity index (χ0v) is 14.6. The second-order valence-electron chi connectivity index (χ2n) is 6.32. The molecular formula is C17H22ClNO4. The highest BCUT2D eigenvalue weighted by Gasteiger charge is 2.25. The third-order valence-electron chi connectivity index (χ3n) is 3.48. The van der Waals surface area contributed by atoms with Crippen LogP contribution in [0.15, 0.2) is 24.3 Å². The van der Waals surface area contributed by atoms with Gasteiger partial charge in [0.05, 0.1) is 7.11 Å². The summed E-state index contributed by atoms with van der Waals surface area (Å²) < 4.78 is 15.6. The molecule has 6 heteroatoms. The van der Waals surface area contributed by atoms with Crippen LogP contribution in [0.1, 0.15) is 32.8 Å². The Morgan fingerprint density at radius 1 is 1.30 bits per heavy atom. The molecule has 1 aromatic rings. The molecule has 0 unspecified atom stereocenters. The van der Waals surface area contributed by atoms with Crippen molar-refractivity contribution in [1.82, 2.24) is 4.90 Å². The highest BCUT2D eigenvalue weighted by atomic mass is 35.5. The average Bonchev–Trinajstić information content (AvgIpc) is 2.52. The maximum Gasteiger partial charge on any atom is 0.410 e. The summed E-state index contributed by atoms with van der Waals surface area (Å²) in [5.41, 5.74) is 1.45. The zero-order valence-electron chi connectivity index (χ0n) is 13.9. The Kier molecular flexibility index (Phi) is 5.42. The van der Waals surface area contributed by atoms with Crippen LogP contribution in [-0.4, -0.2) is 36.8 Å². The van der Waals surface area contributed by atoms with E-state index >= 15 is 0 Å². The highest BCUT2D eigenvalue weighted by Crippen LogP contribution is 2.38. The third-order valence-corrected chi connectivity index (χ3v) is 3.64. The van der Waals surface area contributed by atoms with Crippen molar-refractivity contribution in [3.05, 3.63) is 29.8 Å². The van der Waals surface area contributed by atoms with Crippen LogP contribution in [0.3, 0.4) is 0 Å². The predicted octanol–water partition coefficient (Wildman–Crippen LogP) is 4.25. The second kappa shape index (κ2) is 7.13. The topological polar surface area (TPSA) is 48.0 Å². The van der Waals surface area contributed by atoms with Crippen molar-refractivity contribution in [3.8, 4) is 11.5 Å². The number of amides is 1. The first-order valence-electron chi connectivity index (χ1n) is 7.48. The van der Waals surface area contributed by atoms with Gasteiger partial charge in [-0.3, -0.25) is 0 Å². The predicted molar refractivity (Wildman–Crippen MR) is 89.9 cm³/mol. The average molecular weight is 340 g/mol. The lowest BCUT2D eigenvalue weighted by Gasteiger charge is -2.29. The van der Waals surface area contributed by atoms with Gasteiger partial charge in [0.15, 0.2) is 11.5 Å². The Labute approximate surface area is 141 Å². The van der Waals surface area contributed by atoms with E-state index in [2.05, 4.69) is 0 Å². The lowest BCUT2D eigenvalue weighted by Crippen LogP contribution is -2.39. The van der Waals surface area contributed by atoms with Gasteiger partial charge in [0.2, 0.25) is 0 Å². The largest absolute Gasteiger partial charge is 0.493 e. The van der Waals surface area contributed by atoms with E-state index in [1.54, 1.807) is 18.1 Å². The second-order valence-corrected chi connectivity index (χ2v) is 6.47. The fraction of sp³-hybridized carbons (Fsp3) is 0.471. The van der Waals surface area contributed by atoms with E-state index in [0.29, 0.717) is 31.0 Å². The normalized spacial score (nSPS) is 15.0. The summed E-state index contributed by atoms with van der Waals surface area (Å²) in [6.07, 6.45) is 2.38. The number of nitrogens with zero attached hydrogens (tertiary/aromatic N) is 1. The van der Waals surface area contributed by atoms with Crippen LogP contribution in [-0.2, 0) is 4.74 Å². The molecule has 126 valence electrons. The Morgan fingerprint density at radius 2 is 2.04 bits per heavy atom. The molecule has 0 spiro atoms. The quantitative estimate of drug-likeness (QED) is 0.825. The molecule has 0 saturated carbocycles. The van der Waals surface area contributed by atoms with Crippen molar-refractivity contribution in [2.45, 2.75) is 32.8 Å². The lowest BCUT2D eigenvalue weighted by molar-refractivity contribution is 0.0270. The van der Waals surface area contributed by atoms with Crippen LogP contribution in [0.5, 0.6) is 11.5 Å². The van der Waals surface area contributed by atoms with Gasteiger partial charge in [-0.2, -0.15) is 0 Å². The van der Waals surface area contributed by atoms with Crippen molar-refractivity contribution < 1.29 is 18.6 Å². The van der Waals surface area contributed by atoms with E-state index in [-0.39, 0.29) is 6.09 Å². The van der Waals surface area contributed by atoms with Crippen LogP contribution in [0, 0.1) is 0 Å². The highest BCUT2D eigenvalue weighted by molar-refractivity contribution is 6.09. The molecule has 1 heterocycles. The lowest BCUT2D eigenvalue weighted by atomic mass is 9.98. The van der Waals surface area contributed by atoms with Gasteiger partial charge in [0.25, 0.3) is 0 Å². The Morgan fingerprint density at radius 3 is 2.57 bits per heavy atom. The molecule has 1 aliphatic heterocycles. The van der Waals surface area contributed by atoms with Crippen LogP contribution in [0.2, 0.25) is 0 Å². The number of para-hydroxylation sites is 1. The molecule has 0 aliphatic carbocycles. The number of benzene rings is 1. The number of ether oxygens (including phenoxy) is 2. The van der Waals surface area contributed by atoms with E-state index < -0.39 is 5.60 Å². The maximum atomic E-state index is 12.1. The first-order valence-corrected chi connectivity index (χ1v) is 7.79. The fourth-order valence-electron chi connectivity index (χ4n) is 2.42. The molecule has 2 rings (SSSR count). The van der Waals surface area contributed by atoms with E-state index in [9.17, 15) is 4.79 Å². The number of halogens is 1. The van der Waals surface area contributed by atoms with Gasteiger partial charge in [0.1, 0.15) is 17.5 Å². The van der Waals surface area contributed by atoms with Gasteiger partial charge in [0, 0.05) is 18.7 Å². The van der Waals surface area contributed by atoms with E-state index in [0.717, 1.165) is 11.1 Å². The first-order chi connectivity index (χ1) is 10.9. The minimum Gasteiger partial charge on any atom is -0.493 e. The molecule has 0 saturated heterocycles. The Hall–Kier alpha value is -1.88. The summed E-state index contributed by atoms with van der Waals surface area (Å²) >= 11 is 5.60. The van der Waals surface area contributed by atoms with Crippen LogP contribution in [0.4, 0.5) is 4.79 Å². The number of hydrogen-bond donors (Lipinski definition) is 0. The maximum absolute atomic E-state index is 12.1. The van der Waals surface area contributed by atoms with Crippen molar-refractivity contribution in [2.24, 2.45) is 0 Å². The van der Waals surface area contributed by atoms with Crippen molar-refractivity contribution in [1.29, 1.82) is 0 Å². The van der Waals surface area contributed by atoms with Crippen molar-refractivity contribution in [2.75, 3.05) is 20.2 Å². The van der Waals surface area contributed by atoms with Gasteiger partial charge >= 0.3 is 6.09 Å². The van der Waals surface area contributed by atoms with Crippen molar-refractivity contribution >= 4 is 23.5 Å². The van der Waals surface area contributed by atoms with E-state index in [1.165, 1.54) is 0 Å². The summed E-state index contributed by atoms with van der Waals surface area (Å²) in [6.45, 7) is 6.65. The van der Waals surface area contributed by atoms with Gasteiger partial charge in [-0.1, -0.05) is 18.2 Å². The van der Waals surface area contributed by atoms with E-state index in [1.807, 2.05) is 39.0 Å². The molecule has 0 N–H and O–H groups in total. The summed E-state index contributed by atoms with van der Waals surface area (Å²) in [5, 5.41) is 0. The summed E-state index contributed by atoms with van der Waals surface area (Å²) in [4.78, 5) is 13.8. The van der Waals surface area contributed by atoms with Crippen molar-refractivity contribution in [3.63, 3.8) is 0 Å². The van der Waals surface area contributed by atoms with Gasteiger partial charge in [-0.25, -0.2) is 4.79 Å². The number of carbonyl (C=O) groups is 1. The van der Waals surface area contributed by atoms with Crippen LogP contribution < -0.4 is 9.03 Å². The summed E-state index contributed by atoms with van der Waals surface area (Å²) in [6, 6.07) is 5.60. The number of carbonyl (C=O) groups excluding carboxylic acids is 1. The van der Waals surface area contributed by atoms with Crippen LogP contribution in [0.25, 0.3) is 5.57 Å². The monoisotopic (exact) mass is 339 g/mol. The first kappa shape index (κ1) is 17.5. The SMILES string of the molecule is COc1cccc(C2=CCN(C(=O)OC(C)(C)C)CC2)c1OCl. The van der Waals surface area contributed by atoms with Crippen LogP contribution >= 0.6 is 11.9 Å². The third kappa shape index (κ3) is 4.32. The molecule has 1 aliphatic rings. The molecule has 5 nitrogen and oxygen atoms in total. The Balaban J connectivity index is 2.15. The molecule has 0 bridgehead atoms. The minimum absolute atomic E-state index is 0.299. The van der Waals surface area contributed by atoms with E-state index in [4.69, 9.17) is 25.6 Å². The smallest absolute Gasteiger partial charge is 0.410 e. The fourth-order valence-corrected chi connectivity index (χ4v) is 2.57. The molecule has 0 radical (unpaired) electrons. The molecule has 0 fully saturated rings. The standard InChI is InChI=1S/C17H22ClNO4/c1-17(2,3)22-16(20)19-10-8-12(9-11-19)13-6-5-7-14(21-4)15(13)23-18/h5-8H,9-11H2,1-4H3. The molecule has 0 aromatic heterocycles. The molecule has 23 heavy (non-hydrogen) atoms. The van der Waals surface area contributed by atoms with Gasteiger partial charge in [-0.05, 0) is 38.8 Å². The van der Waals surface area contributed by atoms with Gasteiger partial charge in [-0.15, -0.1) is 0 Å². The number of hydrogen-bond acceptors (Lipinski definition) is 4. The van der Waals surface area contributed by atoms with Gasteiger partial charge < -0.3 is 18.7 Å². The number of rotatable bonds is 3. The minimum atomic E-state index is -0.493. The summed E-state index contributed by atoms with van der Waals surface area (Å²) in [5.74, 6) is 1.07. The zero-order chi connectivity index (χ0) is 17.0. The molecule has 0 atom stereocenters. The molecular weight excluding hydrogens is 318 g/mol. The number of methoxy groups -OCH3 is 1. The molecule has 1 aromatic carbocycles. The molecule has 1 amide bonds. The Bertz CT molecular complexity index is 607.